The van der Waals surface area contributed by atoms with Crippen molar-refractivity contribution in [1.29, 1.82) is 0 Å². The van der Waals surface area contributed by atoms with E-state index in [0.717, 1.165) is 22.9 Å². The lowest BCUT2D eigenvalue weighted by atomic mass is 9.73. The van der Waals surface area contributed by atoms with Gasteiger partial charge in [0.2, 0.25) is 5.12 Å². The van der Waals surface area contributed by atoms with Crippen LogP contribution in [0.4, 0.5) is 0 Å². The summed E-state index contributed by atoms with van der Waals surface area (Å²) in [4.78, 5) is 12.1. The van der Waals surface area contributed by atoms with Gasteiger partial charge in [0, 0.05) is 11.5 Å². The Kier molecular flexibility index (Phi) is 2.94. The van der Waals surface area contributed by atoms with Gasteiger partial charge in [0.05, 0.1) is 5.25 Å². The lowest BCUT2D eigenvalue weighted by molar-refractivity contribution is 0.108. The zero-order valence-electron chi connectivity index (χ0n) is 9.22. The van der Waals surface area contributed by atoms with Crippen LogP contribution in [0.5, 0.6) is 0 Å². The van der Waals surface area contributed by atoms with Crippen molar-refractivity contribution in [1.82, 2.24) is 0 Å². The van der Waals surface area contributed by atoms with Crippen LogP contribution in [0.3, 0.4) is 0 Å². The lowest BCUT2D eigenvalue weighted by Gasteiger charge is -2.58. The summed E-state index contributed by atoms with van der Waals surface area (Å²) in [7, 11) is 0. The van der Waals surface area contributed by atoms with E-state index in [0.29, 0.717) is 5.56 Å². The van der Waals surface area contributed by atoms with Gasteiger partial charge in [-0.25, -0.2) is 0 Å². The molecule has 1 aromatic carbocycles. The molecule has 0 radical (unpaired) electrons. The van der Waals surface area contributed by atoms with E-state index in [1.807, 2.05) is 19.1 Å². The van der Waals surface area contributed by atoms with Crippen LogP contribution >= 0.6 is 58.2 Å². The average Bonchev–Trinajstić information content (AvgIpc) is 2.29. The number of alkyl halides is 4. The Bertz CT molecular complexity index is 555. The normalized spacial score (nSPS) is 31.3. The molecule has 1 heterocycles. The first-order chi connectivity index (χ1) is 8.28. The summed E-state index contributed by atoms with van der Waals surface area (Å²) in [6.07, 6.45) is 0. The van der Waals surface area contributed by atoms with Crippen LogP contribution in [0, 0.1) is 6.92 Å². The molecule has 0 saturated heterocycles. The molecule has 0 N–H and O–H groups in total. The van der Waals surface area contributed by atoms with Gasteiger partial charge in [0.15, 0.2) is 8.67 Å². The Morgan fingerprint density at radius 3 is 2.50 bits per heavy atom. The zero-order valence-corrected chi connectivity index (χ0v) is 13.1. The van der Waals surface area contributed by atoms with Crippen LogP contribution in [0.1, 0.15) is 27.4 Å². The van der Waals surface area contributed by atoms with E-state index in [1.54, 1.807) is 6.07 Å². The second-order valence-electron chi connectivity index (χ2n) is 4.59. The standard InChI is InChI=1S/C12H8Cl4OS/c1-5-3-2-4-6-7(5)8-9(18-10(6)17)12(15,16)11(8,13)14/h2-4,8-9H,1H3/t8-,9+/m0/s1. The van der Waals surface area contributed by atoms with Crippen LogP contribution in [0.2, 0.25) is 0 Å². The minimum absolute atomic E-state index is 0.0236. The molecular weight excluding hydrogens is 334 g/mol. The molecule has 18 heavy (non-hydrogen) atoms. The van der Waals surface area contributed by atoms with Gasteiger partial charge in [0.1, 0.15) is 0 Å². The number of hydrogen-bond donors (Lipinski definition) is 0. The molecule has 2 aliphatic rings. The smallest absolute Gasteiger partial charge is 0.220 e. The molecule has 0 unspecified atom stereocenters. The summed E-state index contributed by atoms with van der Waals surface area (Å²) >= 11 is 26.1. The van der Waals surface area contributed by atoms with E-state index in [9.17, 15) is 4.79 Å². The van der Waals surface area contributed by atoms with E-state index < -0.39 is 8.67 Å². The highest BCUT2D eigenvalue weighted by Gasteiger charge is 2.73. The maximum absolute atomic E-state index is 12.1. The number of rotatable bonds is 0. The Hall–Kier alpha value is 0.400. The number of halogens is 4. The Morgan fingerprint density at radius 2 is 1.83 bits per heavy atom. The predicted octanol–water partition coefficient (Wildman–Crippen LogP) is 4.70. The van der Waals surface area contributed by atoms with Gasteiger partial charge in [-0.05, 0) is 18.1 Å². The molecule has 1 nitrogen and oxygen atoms in total. The number of carbonyl (C=O) groups excluding carboxylic acids is 1. The highest BCUT2D eigenvalue weighted by atomic mass is 35.5. The first-order valence-electron chi connectivity index (χ1n) is 5.34. The SMILES string of the molecule is Cc1cccc2c1[C@H]1[C@@H](SC2=O)C(Cl)(Cl)C1(Cl)Cl. The first-order valence-corrected chi connectivity index (χ1v) is 7.73. The van der Waals surface area contributed by atoms with Crippen molar-refractivity contribution < 1.29 is 4.79 Å². The second kappa shape index (κ2) is 3.95. The van der Waals surface area contributed by atoms with Crippen LogP contribution in [0.15, 0.2) is 18.2 Å². The van der Waals surface area contributed by atoms with Crippen LogP contribution in [-0.2, 0) is 0 Å². The number of aryl methyl sites for hydroxylation is 1. The van der Waals surface area contributed by atoms with Gasteiger partial charge < -0.3 is 0 Å². The van der Waals surface area contributed by atoms with E-state index in [-0.39, 0.29) is 16.3 Å². The Labute approximate surface area is 129 Å². The molecule has 3 rings (SSSR count). The molecule has 1 aliphatic carbocycles. The molecule has 2 atom stereocenters. The third-order valence-electron chi connectivity index (χ3n) is 3.58. The molecule has 96 valence electrons. The summed E-state index contributed by atoms with van der Waals surface area (Å²) in [5.41, 5.74) is 2.54. The van der Waals surface area contributed by atoms with Crippen molar-refractivity contribution in [3.8, 4) is 0 Å². The highest BCUT2D eigenvalue weighted by Crippen LogP contribution is 2.71. The van der Waals surface area contributed by atoms with Crippen molar-refractivity contribution in [3.05, 3.63) is 34.9 Å². The Balaban J connectivity index is 2.21. The number of carbonyl (C=O) groups is 1. The van der Waals surface area contributed by atoms with Crippen LogP contribution < -0.4 is 0 Å². The highest BCUT2D eigenvalue weighted by molar-refractivity contribution is 8.15. The van der Waals surface area contributed by atoms with Crippen LogP contribution in [0.25, 0.3) is 0 Å². The van der Waals surface area contributed by atoms with Gasteiger partial charge in [-0.3, -0.25) is 4.79 Å². The van der Waals surface area contributed by atoms with Crippen molar-refractivity contribution >= 4 is 63.3 Å². The summed E-state index contributed by atoms with van der Waals surface area (Å²) < 4.78 is -2.57. The molecule has 1 aliphatic heterocycles. The van der Waals surface area contributed by atoms with Gasteiger partial charge in [0.25, 0.3) is 0 Å². The van der Waals surface area contributed by atoms with E-state index in [1.165, 1.54) is 0 Å². The fourth-order valence-electron chi connectivity index (χ4n) is 2.63. The summed E-state index contributed by atoms with van der Waals surface area (Å²) in [5.74, 6) is -0.213. The van der Waals surface area contributed by atoms with Gasteiger partial charge in [-0.2, -0.15) is 0 Å². The number of hydrogen-bond acceptors (Lipinski definition) is 2. The van der Waals surface area contributed by atoms with E-state index in [4.69, 9.17) is 46.4 Å². The molecule has 0 spiro atoms. The third-order valence-corrected chi connectivity index (χ3v) is 7.68. The van der Waals surface area contributed by atoms with E-state index >= 15 is 0 Å². The fraction of sp³-hybridized carbons (Fsp3) is 0.417. The van der Waals surface area contributed by atoms with Gasteiger partial charge in [-0.1, -0.05) is 76.4 Å². The fourth-order valence-corrected chi connectivity index (χ4v) is 5.71. The average molecular weight is 342 g/mol. The van der Waals surface area contributed by atoms with Gasteiger partial charge >= 0.3 is 0 Å². The minimum Gasteiger partial charge on any atom is -0.282 e. The molecule has 0 bridgehead atoms. The molecular formula is C12H8Cl4OS. The molecule has 1 fully saturated rings. The molecule has 0 amide bonds. The summed E-state index contributed by atoms with van der Waals surface area (Å²) in [6, 6.07) is 5.58. The number of thioether (sulfide) groups is 1. The molecule has 0 aromatic heterocycles. The first kappa shape index (κ1) is 13.4. The lowest BCUT2D eigenvalue weighted by Crippen LogP contribution is -2.66. The zero-order chi connectivity index (χ0) is 13.3. The quantitative estimate of drug-likeness (QED) is 0.636. The predicted molar refractivity (Wildman–Crippen MR) is 78.5 cm³/mol. The topological polar surface area (TPSA) is 17.1 Å². The van der Waals surface area contributed by atoms with Crippen molar-refractivity contribution in [2.45, 2.75) is 26.8 Å². The maximum Gasteiger partial charge on any atom is 0.220 e. The van der Waals surface area contributed by atoms with Crippen molar-refractivity contribution in [3.63, 3.8) is 0 Å². The number of benzene rings is 1. The van der Waals surface area contributed by atoms with E-state index in [2.05, 4.69) is 0 Å². The van der Waals surface area contributed by atoms with Crippen molar-refractivity contribution in [2.24, 2.45) is 0 Å². The van der Waals surface area contributed by atoms with Gasteiger partial charge in [-0.15, -0.1) is 0 Å². The summed E-state index contributed by atoms with van der Waals surface area (Å²) in [5, 5.41) is -0.318. The summed E-state index contributed by atoms with van der Waals surface area (Å²) in [6.45, 7) is 1.94. The maximum atomic E-state index is 12.1. The van der Waals surface area contributed by atoms with Crippen molar-refractivity contribution in [2.75, 3.05) is 0 Å². The molecule has 6 heteroatoms. The van der Waals surface area contributed by atoms with Crippen LogP contribution in [-0.4, -0.2) is 19.0 Å². The monoisotopic (exact) mass is 340 g/mol. The molecule has 1 saturated carbocycles. The number of fused-ring (bicyclic) bond motifs is 3. The third kappa shape index (κ3) is 1.47. The minimum atomic E-state index is -1.30. The largest absolute Gasteiger partial charge is 0.282 e. The molecule has 1 aromatic rings. The Morgan fingerprint density at radius 1 is 1.17 bits per heavy atom. The second-order valence-corrected chi connectivity index (χ2v) is 8.47.